The number of methoxy groups -OCH3 is 2. The molecule has 1 aliphatic rings. The Bertz CT molecular complexity index is 896. The van der Waals surface area contributed by atoms with Crippen LogP contribution in [-0.4, -0.2) is 52.5 Å². The number of ether oxygens (including phenoxy) is 3. The van der Waals surface area contributed by atoms with Gasteiger partial charge in [-0.1, -0.05) is 23.2 Å². The fourth-order valence-corrected chi connectivity index (χ4v) is 3.61. The van der Waals surface area contributed by atoms with Gasteiger partial charge in [0.05, 0.1) is 42.1 Å². The molecule has 0 atom stereocenters. The summed E-state index contributed by atoms with van der Waals surface area (Å²) < 4.78 is 46.4. The van der Waals surface area contributed by atoms with Gasteiger partial charge in [-0.2, -0.15) is 8.42 Å². The number of carbonyl (C=O) groups is 2. The zero-order valence-electron chi connectivity index (χ0n) is 13.5. The van der Waals surface area contributed by atoms with Crippen molar-refractivity contribution in [2.45, 2.75) is 4.90 Å². The van der Waals surface area contributed by atoms with E-state index in [1.165, 1.54) is 4.90 Å². The zero-order valence-corrected chi connectivity index (χ0v) is 15.8. The molecule has 1 aromatic carbocycles. The van der Waals surface area contributed by atoms with Crippen molar-refractivity contribution < 1.29 is 36.8 Å². The normalized spacial score (nSPS) is 15.0. The third kappa shape index (κ3) is 3.94. The van der Waals surface area contributed by atoms with Gasteiger partial charge in [-0.05, 0) is 12.1 Å². The van der Waals surface area contributed by atoms with Crippen molar-refractivity contribution in [1.82, 2.24) is 0 Å². The third-order valence-corrected chi connectivity index (χ3v) is 5.02. The second kappa shape index (κ2) is 7.80. The molecule has 1 aromatic rings. The van der Waals surface area contributed by atoms with Crippen molar-refractivity contribution in [2.24, 2.45) is 0 Å². The molecule has 0 aliphatic carbocycles. The van der Waals surface area contributed by atoms with Crippen molar-refractivity contribution in [3.05, 3.63) is 33.4 Å². The molecule has 0 fully saturated rings. The largest absolute Gasteiger partial charge is 0.466 e. The standard InChI is InChI=1S/C14H13Cl2NO8S/c1-23-13(18)7-5-25-6-17(12(7)14(19)24-2)10-3-9(16)11(4-8(10)15)26(20,21)22/h3-4H,5-6H2,1-2H3,(H,20,21,22). The number of carbonyl (C=O) groups excluding carboxylic acids is 2. The molecule has 1 N–H and O–H groups in total. The zero-order chi connectivity index (χ0) is 19.6. The number of nitrogens with zero attached hydrogens (tertiary/aromatic N) is 1. The number of hydrogen-bond donors (Lipinski definition) is 1. The Balaban J connectivity index is 2.67. The summed E-state index contributed by atoms with van der Waals surface area (Å²) in [5.41, 5.74) is -0.245. The van der Waals surface area contributed by atoms with Crippen molar-refractivity contribution in [2.75, 3.05) is 32.5 Å². The van der Waals surface area contributed by atoms with Crippen LogP contribution in [0.3, 0.4) is 0 Å². The lowest BCUT2D eigenvalue weighted by Gasteiger charge is -2.32. The Hall–Kier alpha value is -1.85. The highest BCUT2D eigenvalue weighted by Gasteiger charge is 2.34. The first kappa shape index (κ1) is 20.5. The van der Waals surface area contributed by atoms with Crippen molar-refractivity contribution in [3.63, 3.8) is 0 Å². The molecular formula is C14H13Cl2NO8S. The van der Waals surface area contributed by atoms with Gasteiger partial charge in [0.15, 0.2) is 0 Å². The van der Waals surface area contributed by atoms with E-state index in [2.05, 4.69) is 4.74 Å². The minimum atomic E-state index is -4.61. The summed E-state index contributed by atoms with van der Waals surface area (Å²) in [4.78, 5) is 24.7. The number of rotatable bonds is 4. The van der Waals surface area contributed by atoms with Gasteiger partial charge in [0, 0.05) is 0 Å². The Morgan fingerprint density at radius 1 is 1.15 bits per heavy atom. The molecule has 26 heavy (non-hydrogen) atoms. The van der Waals surface area contributed by atoms with Gasteiger partial charge in [0.1, 0.15) is 17.3 Å². The summed E-state index contributed by atoms with van der Waals surface area (Å²) in [6.45, 7) is -0.408. The van der Waals surface area contributed by atoms with E-state index in [1.54, 1.807) is 0 Å². The average Bonchev–Trinajstić information content (AvgIpc) is 2.60. The molecule has 0 radical (unpaired) electrons. The Morgan fingerprint density at radius 2 is 1.77 bits per heavy atom. The molecule has 0 amide bonds. The smallest absolute Gasteiger partial charge is 0.355 e. The van der Waals surface area contributed by atoms with Crippen LogP contribution < -0.4 is 4.90 Å². The van der Waals surface area contributed by atoms with Gasteiger partial charge in [-0.25, -0.2) is 9.59 Å². The van der Waals surface area contributed by atoms with Crippen molar-refractivity contribution >= 4 is 50.9 Å². The molecule has 12 heteroatoms. The monoisotopic (exact) mass is 425 g/mol. The second-order valence-electron chi connectivity index (χ2n) is 4.93. The summed E-state index contributed by atoms with van der Waals surface area (Å²) in [7, 11) is -2.36. The van der Waals surface area contributed by atoms with Gasteiger partial charge in [0.25, 0.3) is 10.1 Å². The second-order valence-corrected chi connectivity index (χ2v) is 7.13. The SMILES string of the molecule is COC(=O)C1=C(C(=O)OC)N(c2cc(Cl)c(S(=O)(=O)O)cc2Cl)COC1. The number of benzene rings is 1. The topological polar surface area (TPSA) is 119 Å². The van der Waals surface area contributed by atoms with Crippen molar-refractivity contribution in [3.8, 4) is 0 Å². The van der Waals surface area contributed by atoms with Crippen LogP contribution in [0, 0.1) is 0 Å². The molecule has 1 heterocycles. The van der Waals surface area contributed by atoms with Crippen LogP contribution in [-0.2, 0) is 33.9 Å². The average molecular weight is 426 g/mol. The molecule has 142 valence electrons. The summed E-state index contributed by atoms with van der Waals surface area (Å²) >= 11 is 12.0. The third-order valence-electron chi connectivity index (χ3n) is 3.40. The minimum Gasteiger partial charge on any atom is -0.466 e. The lowest BCUT2D eigenvalue weighted by molar-refractivity contribution is -0.140. The maximum Gasteiger partial charge on any atom is 0.355 e. The predicted molar refractivity (Wildman–Crippen MR) is 90.6 cm³/mol. The van der Waals surface area contributed by atoms with Crippen LogP contribution in [0.4, 0.5) is 5.69 Å². The molecule has 0 saturated carbocycles. The van der Waals surface area contributed by atoms with Gasteiger partial charge in [-0.3, -0.25) is 4.55 Å². The lowest BCUT2D eigenvalue weighted by Crippen LogP contribution is -2.39. The van der Waals surface area contributed by atoms with E-state index in [4.69, 9.17) is 37.2 Å². The highest BCUT2D eigenvalue weighted by Crippen LogP contribution is 2.37. The summed E-state index contributed by atoms with van der Waals surface area (Å²) in [5, 5.41) is -0.514. The number of halogens is 2. The van der Waals surface area contributed by atoms with Crippen LogP contribution in [0.1, 0.15) is 0 Å². The minimum absolute atomic E-state index is 0.0607. The Kier molecular flexibility index (Phi) is 6.14. The highest BCUT2D eigenvalue weighted by molar-refractivity contribution is 7.86. The predicted octanol–water partition coefficient (Wildman–Crippen LogP) is 1.63. The highest BCUT2D eigenvalue weighted by atomic mass is 35.5. The first-order chi connectivity index (χ1) is 12.1. The van der Waals surface area contributed by atoms with Gasteiger partial charge in [-0.15, -0.1) is 0 Å². The van der Waals surface area contributed by atoms with Crippen LogP contribution >= 0.6 is 23.2 Å². The molecule has 0 saturated heterocycles. The lowest BCUT2D eigenvalue weighted by atomic mass is 10.1. The number of anilines is 1. The van der Waals surface area contributed by atoms with E-state index >= 15 is 0 Å². The molecule has 0 unspecified atom stereocenters. The van der Waals surface area contributed by atoms with Crippen LogP contribution in [0.25, 0.3) is 0 Å². The summed E-state index contributed by atoms with van der Waals surface area (Å²) in [6.07, 6.45) is 0. The summed E-state index contributed by atoms with van der Waals surface area (Å²) in [5.74, 6) is -1.67. The quantitative estimate of drug-likeness (QED) is 0.566. The van der Waals surface area contributed by atoms with Crippen molar-refractivity contribution in [1.29, 1.82) is 0 Å². The fraction of sp³-hybridized carbons (Fsp3) is 0.286. The maximum atomic E-state index is 12.2. The summed E-state index contributed by atoms with van der Waals surface area (Å²) in [6, 6.07) is 2.02. The van der Waals surface area contributed by atoms with E-state index in [-0.39, 0.29) is 40.3 Å². The molecule has 9 nitrogen and oxygen atoms in total. The first-order valence-electron chi connectivity index (χ1n) is 6.83. The molecule has 0 aromatic heterocycles. The Labute approximate surface area is 158 Å². The van der Waals surface area contributed by atoms with Gasteiger partial charge >= 0.3 is 11.9 Å². The fourth-order valence-electron chi connectivity index (χ4n) is 2.26. The van der Waals surface area contributed by atoms with Gasteiger partial charge < -0.3 is 19.1 Å². The molecule has 2 rings (SSSR count). The Morgan fingerprint density at radius 3 is 2.31 bits per heavy atom. The van der Waals surface area contributed by atoms with Crippen LogP contribution in [0.15, 0.2) is 28.3 Å². The van der Waals surface area contributed by atoms with Crippen LogP contribution in [0.2, 0.25) is 10.0 Å². The molecule has 1 aliphatic heterocycles. The first-order valence-corrected chi connectivity index (χ1v) is 9.03. The maximum absolute atomic E-state index is 12.2. The van der Waals surface area contributed by atoms with E-state index in [9.17, 15) is 18.0 Å². The number of esters is 2. The van der Waals surface area contributed by atoms with E-state index in [0.717, 1.165) is 26.4 Å². The number of hydrogen-bond acceptors (Lipinski definition) is 8. The molecule has 0 bridgehead atoms. The van der Waals surface area contributed by atoms with E-state index in [0.29, 0.717) is 0 Å². The molecular weight excluding hydrogens is 413 g/mol. The molecule has 0 spiro atoms. The van der Waals surface area contributed by atoms with E-state index in [1.807, 2.05) is 0 Å². The van der Waals surface area contributed by atoms with E-state index < -0.39 is 27.0 Å². The van der Waals surface area contributed by atoms with Gasteiger partial charge in [0.2, 0.25) is 0 Å². The van der Waals surface area contributed by atoms with Crippen LogP contribution in [0.5, 0.6) is 0 Å².